The lowest BCUT2D eigenvalue weighted by atomic mass is 9.96. The van der Waals surface area contributed by atoms with Gasteiger partial charge in [-0.3, -0.25) is 20.2 Å². The minimum Gasteiger partial charge on any atom is -0.258 e. The van der Waals surface area contributed by atoms with E-state index < -0.39 is 9.85 Å². The Morgan fingerprint density at radius 2 is 1.88 bits per heavy atom. The van der Waals surface area contributed by atoms with E-state index in [1.165, 1.54) is 18.6 Å². The minimum absolute atomic E-state index is 0.188. The molecule has 1 fully saturated rings. The van der Waals surface area contributed by atoms with Crippen LogP contribution in [0.3, 0.4) is 0 Å². The average Bonchev–Trinajstić information content (AvgIpc) is 3.03. The normalized spacial score (nSPS) is 15.3. The van der Waals surface area contributed by atoms with Crippen LogP contribution in [0.4, 0.5) is 11.4 Å². The summed E-state index contributed by atoms with van der Waals surface area (Å²) in [6.45, 7) is 0. The second-order valence-corrected chi connectivity index (χ2v) is 6.48. The third kappa shape index (κ3) is 3.35. The largest absolute Gasteiger partial charge is 0.290 e. The first kappa shape index (κ1) is 16.3. The van der Waals surface area contributed by atoms with Gasteiger partial charge in [0.1, 0.15) is 0 Å². The SMILES string of the molecule is O=[N+]([O-])c1ccc(Sc2nnnn2C2CCCCC2)c([N+](=O)[O-])c1. The third-order valence-corrected chi connectivity index (χ3v) is 4.95. The monoisotopic (exact) mass is 350 g/mol. The molecule has 1 saturated carbocycles. The van der Waals surface area contributed by atoms with Crippen molar-refractivity contribution in [1.82, 2.24) is 20.2 Å². The average molecular weight is 350 g/mol. The molecule has 1 aliphatic rings. The number of nitrogens with zero attached hydrogens (tertiary/aromatic N) is 6. The molecule has 11 heteroatoms. The first-order valence-corrected chi connectivity index (χ1v) is 8.26. The van der Waals surface area contributed by atoms with E-state index in [1.54, 1.807) is 4.68 Å². The van der Waals surface area contributed by atoms with E-state index in [9.17, 15) is 20.2 Å². The number of aromatic nitrogens is 4. The Labute approximate surface area is 140 Å². The molecule has 0 atom stereocenters. The molecule has 1 aromatic carbocycles. The molecule has 0 N–H and O–H groups in total. The van der Waals surface area contributed by atoms with E-state index in [4.69, 9.17) is 0 Å². The molecule has 1 heterocycles. The molecule has 0 amide bonds. The van der Waals surface area contributed by atoms with E-state index in [0.29, 0.717) is 5.16 Å². The van der Waals surface area contributed by atoms with E-state index in [0.717, 1.165) is 43.5 Å². The Morgan fingerprint density at radius 3 is 2.54 bits per heavy atom. The quantitative estimate of drug-likeness (QED) is 0.593. The zero-order valence-corrected chi connectivity index (χ0v) is 13.4. The van der Waals surface area contributed by atoms with Gasteiger partial charge in [-0.25, -0.2) is 4.68 Å². The highest BCUT2D eigenvalue weighted by atomic mass is 32.2. The number of nitro benzene ring substituents is 2. The number of non-ortho nitro benzene ring substituents is 1. The molecule has 1 aromatic heterocycles. The molecule has 0 saturated heterocycles. The summed E-state index contributed by atoms with van der Waals surface area (Å²) >= 11 is 1.05. The van der Waals surface area contributed by atoms with Gasteiger partial charge in [-0.15, -0.1) is 5.10 Å². The lowest BCUT2D eigenvalue weighted by molar-refractivity contribution is -0.396. The fourth-order valence-corrected chi connectivity index (χ4v) is 3.68. The van der Waals surface area contributed by atoms with Gasteiger partial charge in [0.05, 0.1) is 26.9 Å². The standard InChI is InChI=1S/C13H14N6O4S/c20-18(21)10-6-7-12(11(8-10)19(22)23)24-13-14-15-16-17(13)9-4-2-1-3-5-9/h6-9H,1-5H2. The molecule has 24 heavy (non-hydrogen) atoms. The highest BCUT2D eigenvalue weighted by molar-refractivity contribution is 7.99. The molecule has 0 bridgehead atoms. The van der Waals surface area contributed by atoms with Crippen LogP contribution >= 0.6 is 11.8 Å². The Balaban J connectivity index is 1.90. The maximum Gasteiger partial charge on any atom is 0.290 e. The third-order valence-electron chi connectivity index (χ3n) is 3.93. The smallest absolute Gasteiger partial charge is 0.258 e. The van der Waals surface area contributed by atoms with Crippen LogP contribution in [0.25, 0.3) is 0 Å². The van der Waals surface area contributed by atoms with Crippen LogP contribution in [0.15, 0.2) is 28.3 Å². The predicted molar refractivity (Wildman–Crippen MR) is 83.8 cm³/mol. The van der Waals surface area contributed by atoms with E-state index >= 15 is 0 Å². The molecule has 3 rings (SSSR count). The maximum atomic E-state index is 11.2. The summed E-state index contributed by atoms with van der Waals surface area (Å²) in [6, 6.07) is 3.75. The second-order valence-electron chi connectivity index (χ2n) is 5.47. The van der Waals surface area contributed by atoms with Gasteiger partial charge < -0.3 is 0 Å². The number of rotatable bonds is 5. The highest BCUT2D eigenvalue weighted by Gasteiger charge is 2.25. The topological polar surface area (TPSA) is 130 Å². The van der Waals surface area contributed by atoms with Crippen molar-refractivity contribution in [1.29, 1.82) is 0 Å². The van der Waals surface area contributed by atoms with Crippen molar-refractivity contribution >= 4 is 23.1 Å². The summed E-state index contributed by atoms with van der Waals surface area (Å²) in [5.74, 6) is 0. The van der Waals surface area contributed by atoms with Crippen LogP contribution in [0.2, 0.25) is 0 Å². The molecule has 1 aliphatic carbocycles. The van der Waals surface area contributed by atoms with Gasteiger partial charge in [0, 0.05) is 6.07 Å². The minimum atomic E-state index is -0.659. The zero-order chi connectivity index (χ0) is 17.1. The Morgan fingerprint density at radius 1 is 1.12 bits per heavy atom. The van der Waals surface area contributed by atoms with Crippen molar-refractivity contribution in [3.8, 4) is 0 Å². The van der Waals surface area contributed by atoms with Crippen LogP contribution in [0, 0.1) is 20.2 Å². The summed E-state index contributed by atoms with van der Waals surface area (Å²) < 4.78 is 1.70. The molecule has 0 spiro atoms. The van der Waals surface area contributed by atoms with Crippen molar-refractivity contribution in [2.75, 3.05) is 0 Å². The summed E-state index contributed by atoms with van der Waals surface area (Å²) in [5, 5.41) is 34.1. The number of hydrogen-bond donors (Lipinski definition) is 0. The molecule has 2 aromatic rings. The van der Waals surface area contributed by atoms with Gasteiger partial charge in [0.15, 0.2) is 0 Å². The van der Waals surface area contributed by atoms with Crippen molar-refractivity contribution < 1.29 is 9.85 Å². The Hall–Kier alpha value is -2.56. The fraction of sp³-hybridized carbons (Fsp3) is 0.462. The predicted octanol–water partition coefficient (Wildman–Crippen LogP) is 3.15. The van der Waals surface area contributed by atoms with Crippen LogP contribution in [-0.4, -0.2) is 30.1 Å². The molecule has 10 nitrogen and oxygen atoms in total. The van der Waals surface area contributed by atoms with Crippen molar-refractivity contribution in [3.63, 3.8) is 0 Å². The van der Waals surface area contributed by atoms with Gasteiger partial charge in [-0.2, -0.15) is 0 Å². The Bertz CT molecular complexity index is 774. The number of benzene rings is 1. The highest BCUT2D eigenvalue weighted by Crippen LogP contribution is 2.38. The van der Waals surface area contributed by atoms with Crippen molar-refractivity contribution in [2.45, 2.75) is 48.2 Å². The summed E-state index contributed by atoms with van der Waals surface area (Å²) in [4.78, 5) is 21.0. The van der Waals surface area contributed by atoms with Crippen LogP contribution in [0.1, 0.15) is 38.1 Å². The lowest BCUT2D eigenvalue weighted by Crippen LogP contribution is -2.15. The van der Waals surface area contributed by atoms with Gasteiger partial charge in [0.2, 0.25) is 5.16 Å². The summed E-state index contributed by atoms with van der Waals surface area (Å²) in [5.41, 5.74) is -0.648. The van der Waals surface area contributed by atoms with Crippen LogP contribution in [-0.2, 0) is 0 Å². The first-order chi connectivity index (χ1) is 11.6. The molecule has 0 unspecified atom stereocenters. The number of nitro groups is 2. The maximum absolute atomic E-state index is 11.2. The second kappa shape index (κ2) is 6.91. The first-order valence-electron chi connectivity index (χ1n) is 7.45. The molecule has 0 aliphatic heterocycles. The van der Waals surface area contributed by atoms with Gasteiger partial charge in [-0.05, 0) is 41.1 Å². The van der Waals surface area contributed by atoms with Gasteiger partial charge in [0.25, 0.3) is 11.4 Å². The van der Waals surface area contributed by atoms with Crippen molar-refractivity contribution in [3.05, 3.63) is 38.4 Å². The summed E-state index contributed by atoms with van der Waals surface area (Å²) in [7, 11) is 0. The molecule has 0 radical (unpaired) electrons. The lowest BCUT2D eigenvalue weighted by Gasteiger charge is -2.21. The number of hydrogen-bond acceptors (Lipinski definition) is 8. The molecule has 126 valence electrons. The van der Waals surface area contributed by atoms with Gasteiger partial charge >= 0.3 is 0 Å². The van der Waals surface area contributed by atoms with Crippen LogP contribution < -0.4 is 0 Å². The van der Waals surface area contributed by atoms with E-state index in [2.05, 4.69) is 15.5 Å². The van der Waals surface area contributed by atoms with Gasteiger partial charge in [-0.1, -0.05) is 19.3 Å². The molecular formula is C13H14N6O4S. The fourth-order valence-electron chi connectivity index (χ4n) is 2.75. The molecular weight excluding hydrogens is 336 g/mol. The van der Waals surface area contributed by atoms with E-state index in [-0.39, 0.29) is 22.3 Å². The van der Waals surface area contributed by atoms with Crippen LogP contribution in [0.5, 0.6) is 0 Å². The zero-order valence-electron chi connectivity index (χ0n) is 12.6. The van der Waals surface area contributed by atoms with Crippen molar-refractivity contribution in [2.24, 2.45) is 0 Å². The van der Waals surface area contributed by atoms with E-state index in [1.807, 2.05) is 0 Å². The summed E-state index contributed by atoms with van der Waals surface area (Å²) in [6.07, 6.45) is 5.34. The Kier molecular flexibility index (Phi) is 4.69. The number of tetrazole rings is 1.